The Bertz CT molecular complexity index is 1290. The first kappa shape index (κ1) is 25.6. The van der Waals surface area contributed by atoms with Crippen LogP contribution < -0.4 is 15.4 Å². The Morgan fingerprint density at radius 2 is 2.00 bits per heavy atom. The van der Waals surface area contributed by atoms with Gasteiger partial charge in [0.2, 0.25) is 11.5 Å². The molecule has 2 aliphatic carbocycles. The van der Waals surface area contributed by atoms with Gasteiger partial charge in [0.15, 0.2) is 0 Å². The van der Waals surface area contributed by atoms with Crippen molar-refractivity contribution in [1.82, 2.24) is 15.1 Å². The van der Waals surface area contributed by atoms with Crippen molar-refractivity contribution in [2.45, 2.75) is 50.8 Å². The summed E-state index contributed by atoms with van der Waals surface area (Å²) in [4.78, 5) is 54.5. The molecule has 1 spiro atoms. The van der Waals surface area contributed by atoms with Gasteiger partial charge in [-0.1, -0.05) is 18.2 Å². The van der Waals surface area contributed by atoms with Gasteiger partial charge in [-0.3, -0.25) is 9.59 Å². The summed E-state index contributed by atoms with van der Waals surface area (Å²) in [5.74, 6) is 0.263. The number of hydrogen-bond donors (Lipinski definition) is 2. The maximum atomic E-state index is 13.6. The van der Waals surface area contributed by atoms with Gasteiger partial charge in [0, 0.05) is 37.3 Å². The monoisotopic (exact) mass is 520 g/mol. The number of amides is 5. The summed E-state index contributed by atoms with van der Waals surface area (Å²) >= 11 is 0. The number of fused-ring (bicyclic) bond motifs is 2. The van der Waals surface area contributed by atoms with Crippen molar-refractivity contribution in [1.29, 1.82) is 0 Å². The van der Waals surface area contributed by atoms with Crippen LogP contribution >= 0.6 is 0 Å². The summed E-state index contributed by atoms with van der Waals surface area (Å²) in [5, 5.41) is 5.20. The molecule has 38 heavy (non-hydrogen) atoms. The average molecular weight is 521 g/mol. The Hall–Kier alpha value is -4.08. The molecule has 5 rings (SSSR count). The zero-order valence-electron chi connectivity index (χ0n) is 21.8. The number of urea groups is 1. The van der Waals surface area contributed by atoms with E-state index >= 15 is 0 Å². The van der Waals surface area contributed by atoms with E-state index in [2.05, 4.69) is 10.6 Å². The quantitative estimate of drug-likeness (QED) is 0.551. The Kier molecular flexibility index (Phi) is 6.73. The maximum absolute atomic E-state index is 13.6. The topological polar surface area (TPSA) is 117 Å². The molecule has 2 N–H and O–H groups in total. The lowest BCUT2D eigenvalue weighted by Gasteiger charge is -2.31. The Morgan fingerprint density at radius 1 is 1.21 bits per heavy atom. The third-order valence-corrected chi connectivity index (χ3v) is 7.74. The van der Waals surface area contributed by atoms with Crippen LogP contribution in [0.1, 0.15) is 42.9 Å². The second-order valence-corrected chi connectivity index (χ2v) is 10.1. The largest absolute Gasteiger partial charge is 0.497 e. The highest BCUT2D eigenvalue weighted by molar-refractivity contribution is 6.06. The van der Waals surface area contributed by atoms with Crippen molar-refractivity contribution >= 4 is 29.6 Å². The second kappa shape index (κ2) is 10.00. The number of imide groups is 1. The van der Waals surface area contributed by atoms with Crippen LogP contribution in [0.3, 0.4) is 0 Å². The number of anilines is 1. The van der Waals surface area contributed by atoms with E-state index in [0.29, 0.717) is 35.9 Å². The number of ether oxygens (including phenoxy) is 2. The normalized spacial score (nSPS) is 20.7. The number of benzene rings is 2. The third-order valence-electron chi connectivity index (χ3n) is 7.74. The smallest absolute Gasteiger partial charge is 0.418 e. The molecule has 2 atom stereocenters. The first-order chi connectivity index (χ1) is 18.3. The van der Waals surface area contributed by atoms with E-state index in [4.69, 9.17) is 9.47 Å². The fourth-order valence-corrected chi connectivity index (χ4v) is 5.41. The minimum absolute atomic E-state index is 0.0326. The number of carbonyl (C=O) groups is 4. The number of methoxy groups -OCH3 is 1. The van der Waals surface area contributed by atoms with Crippen LogP contribution in [0.4, 0.5) is 15.3 Å². The van der Waals surface area contributed by atoms with Crippen LogP contribution in [0.25, 0.3) is 0 Å². The summed E-state index contributed by atoms with van der Waals surface area (Å²) in [5.41, 5.74) is 1.44. The molecule has 5 amide bonds. The molecule has 3 aliphatic rings. The van der Waals surface area contributed by atoms with Crippen molar-refractivity contribution in [2.24, 2.45) is 5.92 Å². The van der Waals surface area contributed by atoms with Gasteiger partial charge in [-0.2, -0.15) is 0 Å². The zero-order chi connectivity index (χ0) is 27.0. The predicted octanol–water partition coefficient (Wildman–Crippen LogP) is 3.39. The Balaban J connectivity index is 1.35. The molecule has 2 aromatic rings. The molecular formula is C28H32N4O6. The van der Waals surface area contributed by atoms with Crippen LogP contribution in [-0.4, -0.2) is 60.5 Å². The average Bonchev–Trinajstić information content (AvgIpc) is 3.67. The van der Waals surface area contributed by atoms with E-state index in [1.807, 2.05) is 31.2 Å². The lowest BCUT2D eigenvalue weighted by molar-refractivity contribution is -0.143. The summed E-state index contributed by atoms with van der Waals surface area (Å²) in [6, 6.07) is 12.3. The van der Waals surface area contributed by atoms with Gasteiger partial charge in [0.1, 0.15) is 12.3 Å². The molecule has 0 unspecified atom stereocenters. The van der Waals surface area contributed by atoms with Gasteiger partial charge in [0.25, 0.3) is 5.91 Å². The van der Waals surface area contributed by atoms with Crippen molar-refractivity contribution in [3.8, 4) is 5.75 Å². The van der Waals surface area contributed by atoms with E-state index < -0.39 is 17.6 Å². The van der Waals surface area contributed by atoms with Crippen molar-refractivity contribution in [3.63, 3.8) is 0 Å². The number of nitrogens with zero attached hydrogens (tertiary/aromatic N) is 2. The first-order valence-electron chi connectivity index (χ1n) is 12.8. The van der Waals surface area contributed by atoms with Crippen molar-refractivity contribution in [2.75, 3.05) is 26.0 Å². The number of aryl methyl sites for hydroxylation is 1. The highest BCUT2D eigenvalue weighted by Crippen LogP contribution is 2.46. The SMILES string of the molecule is CNC(=O)Nc1ccc2c(c1)CC[C@@]21OC(=O)N(CC(=O)N(Cc2cccc(OC)c2)[C@@H](C)C2CC2)C1=O. The van der Waals surface area contributed by atoms with E-state index in [1.165, 1.54) is 7.05 Å². The Labute approximate surface area is 221 Å². The van der Waals surface area contributed by atoms with Crippen LogP contribution in [0.5, 0.6) is 5.75 Å². The van der Waals surface area contributed by atoms with Gasteiger partial charge in [-0.25, -0.2) is 14.5 Å². The molecule has 1 saturated carbocycles. The fraction of sp³-hybridized carbons (Fsp3) is 0.429. The number of hydrogen-bond acceptors (Lipinski definition) is 6. The molecule has 10 nitrogen and oxygen atoms in total. The molecular weight excluding hydrogens is 488 g/mol. The van der Waals surface area contributed by atoms with Gasteiger partial charge in [-0.15, -0.1) is 0 Å². The van der Waals surface area contributed by atoms with Crippen LogP contribution in [0, 0.1) is 5.92 Å². The summed E-state index contributed by atoms with van der Waals surface area (Å²) in [7, 11) is 3.11. The molecule has 1 heterocycles. The summed E-state index contributed by atoms with van der Waals surface area (Å²) in [6.45, 7) is 1.98. The van der Waals surface area contributed by atoms with E-state index in [1.54, 1.807) is 30.2 Å². The molecule has 1 aliphatic heterocycles. The maximum Gasteiger partial charge on any atom is 0.418 e. The molecule has 1 saturated heterocycles. The first-order valence-corrected chi connectivity index (χ1v) is 12.8. The third kappa shape index (κ3) is 4.66. The lowest BCUT2D eigenvalue weighted by atomic mass is 9.94. The number of nitrogens with one attached hydrogen (secondary N) is 2. The molecule has 0 radical (unpaired) electrons. The van der Waals surface area contributed by atoms with E-state index in [-0.39, 0.29) is 30.9 Å². The minimum Gasteiger partial charge on any atom is -0.497 e. The highest BCUT2D eigenvalue weighted by atomic mass is 16.6. The minimum atomic E-state index is -1.45. The zero-order valence-corrected chi connectivity index (χ0v) is 21.8. The fourth-order valence-electron chi connectivity index (χ4n) is 5.41. The molecule has 0 aromatic heterocycles. The molecule has 200 valence electrons. The van der Waals surface area contributed by atoms with Crippen LogP contribution in [-0.2, 0) is 32.9 Å². The van der Waals surface area contributed by atoms with E-state index in [0.717, 1.165) is 28.9 Å². The molecule has 2 aromatic carbocycles. The van der Waals surface area contributed by atoms with Crippen molar-refractivity contribution < 1.29 is 28.7 Å². The van der Waals surface area contributed by atoms with Crippen molar-refractivity contribution in [3.05, 3.63) is 59.2 Å². The van der Waals surface area contributed by atoms with Gasteiger partial charge >= 0.3 is 12.1 Å². The summed E-state index contributed by atoms with van der Waals surface area (Å²) in [6.07, 6.45) is 2.06. The van der Waals surface area contributed by atoms with Crippen LogP contribution in [0.2, 0.25) is 0 Å². The van der Waals surface area contributed by atoms with Gasteiger partial charge in [-0.05, 0) is 67.5 Å². The number of rotatable bonds is 8. The highest BCUT2D eigenvalue weighted by Gasteiger charge is 2.58. The van der Waals surface area contributed by atoms with E-state index in [9.17, 15) is 19.2 Å². The standard InChI is InChI=1S/C28H32N4O6/c1-17(19-7-8-19)31(15-18-5-4-6-22(13-18)37-3)24(33)16-32-25(34)28(38-27(32)36)12-11-20-14-21(9-10-23(20)28)30-26(35)29-2/h4-6,9-10,13-14,17,19H,7-8,11-12,15-16H2,1-3H3,(H2,29,30,35)/t17-,28+/m0/s1. The second-order valence-electron chi connectivity index (χ2n) is 10.1. The molecule has 2 fully saturated rings. The van der Waals surface area contributed by atoms with Crippen LogP contribution in [0.15, 0.2) is 42.5 Å². The Morgan fingerprint density at radius 3 is 2.71 bits per heavy atom. The van der Waals surface area contributed by atoms with Gasteiger partial charge < -0.3 is 25.0 Å². The molecule has 0 bridgehead atoms. The lowest BCUT2D eigenvalue weighted by Crippen LogP contribution is -2.47. The molecule has 10 heteroatoms. The van der Waals surface area contributed by atoms with Gasteiger partial charge in [0.05, 0.1) is 7.11 Å². The summed E-state index contributed by atoms with van der Waals surface area (Å²) < 4.78 is 11.0. The number of carbonyl (C=O) groups excluding carboxylic acids is 4. The predicted molar refractivity (Wildman–Crippen MR) is 138 cm³/mol.